The van der Waals surface area contributed by atoms with Gasteiger partial charge in [-0.1, -0.05) is 13.0 Å². The largest absolute Gasteiger partial charge is 0.391 e. The standard InChI is InChI=1S/C14H17NO2S/c1-3-10(2)15-12(13-5-4-8-18-13)7-6-11(9-16)14(15)17/h4-8,10,16H,3,9H2,1-2H3. The van der Waals surface area contributed by atoms with Crippen LogP contribution in [0.1, 0.15) is 31.9 Å². The molecule has 0 bridgehead atoms. The van der Waals surface area contributed by atoms with Gasteiger partial charge in [0.15, 0.2) is 0 Å². The third kappa shape index (κ3) is 2.26. The number of hydrogen-bond donors (Lipinski definition) is 1. The number of nitrogens with zero attached hydrogens (tertiary/aromatic N) is 1. The maximum absolute atomic E-state index is 12.3. The van der Waals surface area contributed by atoms with Gasteiger partial charge in [-0.15, -0.1) is 11.3 Å². The summed E-state index contributed by atoms with van der Waals surface area (Å²) in [5, 5.41) is 11.2. The van der Waals surface area contributed by atoms with E-state index in [1.807, 2.05) is 30.5 Å². The van der Waals surface area contributed by atoms with E-state index in [9.17, 15) is 9.90 Å². The number of aliphatic hydroxyl groups is 1. The van der Waals surface area contributed by atoms with E-state index in [-0.39, 0.29) is 18.2 Å². The van der Waals surface area contributed by atoms with E-state index in [1.54, 1.807) is 22.0 Å². The lowest BCUT2D eigenvalue weighted by Gasteiger charge is -2.18. The van der Waals surface area contributed by atoms with Gasteiger partial charge >= 0.3 is 0 Å². The number of hydrogen-bond acceptors (Lipinski definition) is 3. The predicted octanol–water partition coefficient (Wildman–Crippen LogP) is 3.04. The van der Waals surface area contributed by atoms with Crippen molar-refractivity contribution in [3.8, 4) is 10.6 Å². The first-order valence-corrected chi connectivity index (χ1v) is 6.96. The molecule has 0 aromatic carbocycles. The fourth-order valence-electron chi connectivity index (χ4n) is 1.96. The van der Waals surface area contributed by atoms with Gasteiger partial charge in [0.1, 0.15) is 0 Å². The van der Waals surface area contributed by atoms with Gasteiger partial charge in [0.25, 0.3) is 5.56 Å². The molecule has 0 saturated heterocycles. The topological polar surface area (TPSA) is 42.2 Å². The van der Waals surface area contributed by atoms with Crippen molar-refractivity contribution < 1.29 is 5.11 Å². The third-order valence-corrected chi connectivity index (χ3v) is 4.06. The summed E-state index contributed by atoms with van der Waals surface area (Å²) < 4.78 is 1.79. The molecule has 1 atom stereocenters. The first-order chi connectivity index (χ1) is 8.69. The minimum Gasteiger partial charge on any atom is -0.391 e. The number of pyridine rings is 1. The Balaban J connectivity index is 2.67. The number of thiophene rings is 1. The number of aromatic nitrogens is 1. The highest BCUT2D eigenvalue weighted by atomic mass is 32.1. The van der Waals surface area contributed by atoms with Crippen LogP contribution in [0.3, 0.4) is 0 Å². The molecule has 0 amide bonds. The molecule has 2 aromatic rings. The van der Waals surface area contributed by atoms with Crippen LogP contribution in [0.15, 0.2) is 34.4 Å². The van der Waals surface area contributed by atoms with Crippen LogP contribution in [0.25, 0.3) is 10.6 Å². The molecule has 0 aliphatic carbocycles. The van der Waals surface area contributed by atoms with Crippen molar-refractivity contribution in [2.75, 3.05) is 0 Å². The normalized spacial score (nSPS) is 12.6. The fourth-order valence-corrected chi connectivity index (χ4v) is 2.71. The smallest absolute Gasteiger partial charge is 0.256 e. The van der Waals surface area contributed by atoms with E-state index in [4.69, 9.17) is 0 Å². The van der Waals surface area contributed by atoms with Crippen molar-refractivity contribution in [1.82, 2.24) is 4.57 Å². The second-order valence-corrected chi connectivity index (χ2v) is 5.26. The summed E-state index contributed by atoms with van der Waals surface area (Å²) in [7, 11) is 0. The zero-order chi connectivity index (χ0) is 13.1. The van der Waals surface area contributed by atoms with E-state index < -0.39 is 0 Å². The summed E-state index contributed by atoms with van der Waals surface area (Å²) in [6.07, 6.45) is 0.882. The zero-order valence-corrected chi connectivity index (χ0v) is 11.4. The van der Waals surface area contributed by atoms with E-state index in [0.29, 0.717) is 5.56 Å². The van der Waals surface area contributed by atoms with Crippen LogP contribution in [-0.2, 0) is 6.61 Å². The molecule has 0 spiro atoms. The molecular formula is C14H17NO2S. The molecule has 0 saturated carbocycles. The molecule has 4 heteroatoms. The Kier molecular flexibility index (Phi) is 3.99. The summed E-state index contributed by atoms with van der Waals surface area (Å²) in [6, 6.07) is 7.75. The quantitative estimate of drug-likeness (QED) is 0.921. The molecule has 1 unspecified atom stereocenters. The Morgan fingerprint density at radius 3 is 2.72 bits per heavy atom. The summed E-state index contributed by atoms with van der Waals surface area (Å²) >= 11 is 1.62. The van der Waals surface area contributed by atoms with Crippen molar-refractivity contribution >= 4 is 11.3 Å². The van der Waals surface area contributed by atoms with Gasteiger partial charge < -0.3 is 9.67 Å². The molecule has 0 aliphatic rings. The average Bonchev–Trinajstić information content (AvgIpc) is 2.91. The molecule has 0 aliphatic heterocycles. The van der Waals surface area contributed by atoms with Crippen LogP contribution in [0.5, 0.6) is 0 Å². The Hall–Kier alpha value is -1.39. The number of aliphatic hydroxyl groups excluding tert-OH is 1. The molecule has 0 fully saturated rings. The lowest BCUT2D eigenvalue weighted by atomic mass is 10.1. The second kappa shape index (κ2) is 5.50. The fraction of sp³-hybridized carbons (Fsp3) is 0.357. The van der Waals surface area contributed by atoms with Gasteiger partial charge in [0.05, 0.1) is 17.2 Å². The van der Waals surface area contributed by atoms with Crippen molar-refractivity contribution in [2.45, 2.75) is 32.9 Å². The van der Waals surface area contributed by atoms with Crippen LogP contribution in [0.4, 0.5) is 0 Å². The highest BCUT2D eigenvalue weighted by Gasteiger charge is 2.14. The zero-order valence-electron chi connectivity index (χ0n) is 10.6. The first-order valence-electron chi connectivity index (χ1n) is 6.08. The van der Waals surface area contributed by atoms with E-state index >= 15 is 0 Å². The Bertz CT molecular complexity index is 572. The Morgan fingerprint density at radius 1 is 1.39 bits per heavy atom. The van der Waals surface area contributed by atoms with Gasteiger partial charge in [-0.25, -0.2) is 0 Å². The molecule has 0 radical (unpaired) electrons. The molecule has 2 aromatic heterocycles. The summed E-state index contributed by atoms with van der Waals surface area (Å²) in [5.41, 5.74) is 1.30. The lowest BCUT2D eigenvalue weighted by Crippen LogP contribution is -2.27. The van der Waals surface area contributed by atoms with Crippen molar-refractivity contribution in [3.05, 3.63) is 45.6 Å². The van der Waals surface area contributed by atoms with Gasteiger partial charge in [-0.2, -0.15) is 0 Å². The SMILES string of the molecule is CCC(C)n1c(-c2cccs2)ccc(CO)c1=O. The first kappa shape index (κ1) is 13.1. The highest BCUT2D eigenvalue weighted by Crippen LogP contribution is 2.26. The summed E-state index contributed by atoms with van der Waals surface area (Å²) in [6.45, 7) is 3.88. The molecule has 1 N–H and O–H groups in total. The lowest BCUT2D eigenvalue weighted by molar-refractivity contribution is 0.278. The number of rotatable bonds is 4. The minimum atomic E-state index is -0.208. The summed E-state index contributed by atoms with van der Waals surface area (Å²) in [4.78, 5) is 13.4. The minimum absolute atomic E-state index is 0.0854. The summed E-state index contributed by atoms with van der Waals surface area (Å²) in [5.74, 6) is 0. The van der Waals surface area contributed by atoms with E-state index in [2.05, 4.69) is 6.92 Å². The van der Waals surface area contributed by atoms with Crippen molar-refractivity contribution in [3.63, 3.8) is 0 Å². The van der Waals surface area contributed by atoms with Crippen molar-refractivity contribution in [2.24, 2.45) is 0 Å². The van der Waals surface area contributed by atoms with Crippen LogP contribution in [0, 0.1) is 0 Å². The maximum Gasteiger partial charge on any atom is 0.256 e. The maximum atomic E-state index is 12.3. The predicted molar refractivity (Wildman–Crippen MR) is 74.9 cm³/mol. The van der Waals surface area contributed by atoms with E-state index in [1.165, 1.54) is 0 Å². The van der Waals surface area contributed by atoms with E-state index in [0.717, 1.165) is 17.0 Å². The highest BCUT2D eigenvalue weighted by molar-refractivity contribution is 7.13. The molecule has 18 heavy (non-hydrogen) atoms. The second-order valence-electron chi connectivity index (χ2n) is 4.31. The van der Waals surface area contributed by atoms with Crippen LogP contribution >= 0.6 is 11.3 Å². The van der Waals surface area contributed by atoms with Gasteiger partial charge in [-0.05, 0) is 36.9 Å². The van der Waals surface area contributed by atoms with Crippen LogP contribution < -0.4 is 5.56 Å². The van der Waals surface area contributed by atoms with Gasteiger partial charge in [0.2, 0.25) is 0 Å². The Morgan fingerprint density at radius 2 is 2.17 bits per heavy atom. The average molecular weight is 263 g/mol. The third-order valence-electron chi connectivity index (χ3n) is 3.17. The van der Waals surface area contributed by atoms with Crippen molar-refractivity contribution in [1.29, 1.82) is 0 Å². The molecular weight excluding hydrogens is 246 g/mol. The molecule has 2 rings (SSSR count). The van der Waals surface area contributed by atoms with Crippen LogP contribution in [-0.4, -0.2) is 9.67 Å². The monoisotopic (exact) mass is 263 g/mol. The van der Waals surface area contributed by atoms with Gasteiger partial charge in [-0.3, -0.25) is 4.79 Å². The molecule has 3 nitrogen and oxygen atoms in total. The molecule has 96 valence electrons. The van der Waals surface area contributed by atoms with Crippen LogP contribution in [0.2, 0.25) is 0 Å². The Labute approximate surface area is 110 Å². The van der Waals surface area contributed by atoms with Gasteiger partial charge in [0, 0.05) is 11.6 Å². The molecule has 2 heterocycles.